The maximum absolute atomic E-state index is 11.6. The molecule has 20 heavy (non-hydrogen) atoms. The van der Waals surface area contributed by atoms with Crippen molar-refractivity contribution in [2.75, 3.05) is 7.11 Å². The molecule has 0 saturated carbocycles. The van der Waals surface area contributed by atoms with Gasteiger partial charge in [-0.3, -0.25) is 4.79 Å². The fourth-order valence-electron chi connectivity index (χ4n) is 1.89. The molecule has 0 aliphatic rings. The molecule has 0 fully saturated rings. The lowest BCUT2D eigenvalue weighted by Gasteiger charge is -2.03. The highest BCUT2D eigenvalue weighted by atomic mass is 16.5. The molecule has 1 aromatic carbocycles. The van der Waals surface area contributed by atoms with Gasteiger partial charge < -0.3 is 4.74 Å². The number of nitrogens with one attached hydrogen (secondary N) is 1. The summed E-state index contributed by atoms with van der Waals surface area (Å²) < 4.78 is 5.20. The number of nitrogens with zero attached hydrogens (tertiary/aromatic N) is 1. The van der Waals surface area contributed by atoms with E-state index >= 15 is 0 Å². The highest BCUT2D eigenvalue weighted by molar-refractivity contribution is 5.85. The Morgan fingerprint density at radius 1 is 1.25 bits per heavy atom. The Bertz CT molecular complexity index is 430. The van der Waals surface area contributed by atoms with Crippen molar-refractivity contribution in [3.8, 4) is 5.75 Å². The van der Waals surface area contributed by atoms with Crippen molar-refractivity contribution in [3.05, 3.63) is 29.8 Å². The molecule has 0 aliphatic carbocycles. The van der Waals surface area contributed by atoms with Gasteiger partial charge in [-0.05, 0) is 18.6 Å². The lowest BCUT2D eigenvalue weighted by Crippen LogP contribution is -2.16. The average Bonchev–Trinajstić information content (AvgIpc) is 2.47. The number of methoxy groups -OCH3 is 1. The zero-order valence-electron chi connectivity index (χ0n) is 12.4. The minimum Gasteiger partial charge on any atom is -0.496 e. The molecule has 0 bridgehead atoms. The topological polar surface area (TPSA) is 50.7 Å². The van der Waals surface area contributed by atoms with Gasteiger partial charge in [-0.1, -0.05) is 44.7 Å². The van der Waals surface area contributed by atoms with E-state index in [1.165, 1.54) is 19.3 Å². The minimum absolute atomic E-state index is 0.0346. The largest absolute Gasteiger partial charge is 0.496 e. The molecule has 0 spiro atoms. The van der Waals surface area contributed by atoms with Crippen LogP contribution < -0.4 is 10.2 Å². The summed E-state index contributed by atoms with van der Waals surface area (Å²) in [4.78, 5) is 11.6. The quantitative estimate of drug-likeness (QED) is 0.426. The number of carbonyl (C=O) groups excluding carboxylic acids is 1. The second-order valence-electron chi connectivity index (χ2n) is 4.70. The van der Waals surface area contributed by atoms with Crippen LogP contribution in [0.4, 0.5) is 0 Å². The summed E-state index contributed by atoms with van der Waals surface area (Å²) in [7, 11) is 1.61. The number of hydrogen-bond acceptors (Lipinski definition) is 3. The van der Waals surface area contributed by atoms with Crippen LogP contribution in [0.1, 0.15) is 51.0 Å². The number of benzene rings is 1. The molecule has 0 heterocycles. The van der Waals surface area contributed by atoms with Gasteiger partial charge in [0.2, 0.25) is 5.91 Å². The summed E-state index contributed by atoms with van der Waals surface area (Å²) in [6.45, 7) is 2.18. The number of hydrazone groups is 1. The molecule has 1 rings (SSSR count). The molecule has 0 unspecified atom stereocenters. The van der Waals surface area contributed by atoms with Gasteiger partial charge in [0.15, 0.2) is 0 Å². The zero-order chi connectivity index (χ0) is 14.6. The standard InChI is InChI=1S/C16H24N2O2/c1-3-4-5-6-7-12-16(19)18-17-13-14-10-8-9-11-15(14)20-2/h8-11,13H,3-7,12H2,1-2H3,(H,18,19). The Hall–Kier alpha value is -1.84. The monoisotopic (exact) mass is 276 g/mol. The lowest BCUT2D eigenvalue weighted by molar-refractivity contribution is -0.121. The van der Waals surface area contributed by atoms with Crippen molar-refractivity contribution in [2.24, 2.45) is 5.10 Å². The molecule has 1 aromatic rings. The first-order valence-corrected chi connectivity index (χ1v) is 7.22. The SMILES string of the molecule is CCCCCCCC(=O)NN=Cc1ccccc1OC. The third-order valence-corrected chi connectivity index (χ3v) is 3.04. The van der Waals surface area contributed by atoms with Crippen LogP contribution in [0.3, 0.4) is 0 Å². The van der Waals surface area contributed by atoms with Crippen LogP contribution in [-0.2, 0) is 4.79 Å². The van der Waals surface area contributed by atoms with Gasteiger partial charge in [0.1, 0.15) is 5.75 Å². The molecule has 4 nitrogen and oxygen atoms in total. The number of ether oxygens (including phenoxy) is 1. The second kappa shape index (κ2) is 10.0. The van der Waals surface area contributed by atoms with Crippen LogP contribution in [0.15, 0.2) is 29.4 Å². The number of carbonyl (C=O) groups is 1. The van der Waals surface area contributed by atoms with Gasteiger partial charge in [0, 0.05) is 12.0 Å². The summed E-state index contributed by atoms with van der Waals surface area (Å²) in [5, 5.41) is 3.96. The average molecular weight is 276 g/mol. The minimum atomic E-state index is -0.0346. The van der Waals surface area contributed by atoms with E-state index in [4.69, 9.17) is 4.74 Å². The number of unbranched alkanes of at least 4 members (excludes halogenated alkanes) is 4. The number of amides is 1. The van der Waals surface area contributed by atoms with E-state index in [1.54, 1.807) is 13.3 Å². The highest BCUT2D eigenvalue weighted by Crippen LogP contribution is 2.14. The molecule has 1 amide bonds. The second-order valence-corrected chi connectivity index (χ2v) is 4.70. The number of para-hydroxylation sites is 1. The van der Waals surface area contributed by atoms with Crippen molar-refractivity contribution >= 4 is 12.1 Å². The number of rotatable bonds is 9. The van der Waals surface area contributed by atoms with E-state index in [9.17, 15) is 4.79 Å². The Morgan fingerprint density at radius 2 is 2.00 bits per heavy atom. The molecule has 0 radical (unpaired) electrons. The molecule has 4 heteroatoms. The fraction of sp³-hybridized carbons (Fsp3) is 0.500. The Kier molecular flexibility index (Phi) is 8.11. The van der Waals surface area contributed by atoms with Crippen LogP contribution in [0, 0.1) is 0 Å². The maximum atomic E-state index is 11.6. The van der Waals surface area contributed by atoms with Crippen molar-refractivity contribution in [2.45, 2.75) is 45.4 Å². The Labute approximate surface area is 121 Å². The van der Waals surface area contributed by atoms with Crippen molar-refractivity contribution < 1.29 is 9.53 Å². The van der Waals surface area contributed by atoms with E-state index in [0.717, 1.165) is 24.2 Å². The fourth-order valence-corrected chi connectivity index (χ4v) is 1.89. The van der Waals surface area contributed by atoms with Gasteiger partial charge in [-0.2, -0.15) is 5.10 Å². The summed E-state index contributed by atoms with van der Waals surface area (Å²) in [5.41, 5.74) is 3.39. The Morgan fingerprint density at radius 3 is 2.75 bits per heavy atom. The summed E-state index contributed by atoms with van der Waals surface area (Å²) in [6.07, 6.45) is 7.84. The highest BCUT2D eigenvalue weighted by Gasteiger charge is 2.00. The van der Waals surface area contributed by atoms with Crippen LogP contribution in [0.5, 0.6) is 5.75 Å². The van der Waals surface area contributed by atoms with Crippen LogP contribution in [-0.4, -0.2) is 19.2 Å². The number of hydrogen-bond donors (Lipinski definition) is 1. The normalized spacial score (nSPS) is 10.7. The molecule has 0 aromatic heterocycles. The summed E-state index contributed by atoms with van der Waals surface area (Å²) in [6, 6.07) is 7.54. The van der Waals surface area contributed by atoms with E-state index in [0.29, 0.717) is 6.42 Å². The molecular formula is C16H24N2O2. The van der Waals surface area contributed by atoms with Crippen molar-refractivity contribution in [1.29, 1.82) is 0 Å². The maximum Gasteiger partial charge on any atom is 0.240 e. The zero-order valence-corrected chi connectivity index (χ0v) is 12.4. The smallest absolute Gasteiger partial charge is 0.240 e. The lowest BCUT2D eigenvalue weighted by atomic mass is 10.1. The first-order chi connectivity index (χ1) is 9.77. The molecule has 0 aliphatic heterocycles. The first kappa shape index (κ1) is 16.2. The van der Waals surface area contributed by atoms with Crippen molar-refractivity contribution in [3.63, 3.8) is 0 Å². The predicted octanol–water partition coefficient (Wildman–Crippen LogP) is 3.51. The van der Waals surface area contributed by atoms with Gasteiger partial charge in [-0.15, -0.1) is 0 Å². The third-order valence-electron chi connectivity index (χ3n) is 3.04. The van der Waals surface area contributed by atoms with Crippen LogP contribution in [0.2, 0.25) is 0 Å². The van der Waals surface area contributed by atoms with E-state index in [-0.39, 0.29) is 5.91 Å². The molecule has 110 valence electrons. The van der Waals surface area contributed by atoms with Gasteiger partial charge in [0.25, 0.3) is 0 Å². The van der Waals surface area contributed by atoms with Crippen LogP contribution >= 0.6 is 0 Å². The molecular weight excluding hydrogens is 252 g/mol. The molecule has 1 N–H and O–H groups in total. The van der Waals surface area contributed by atoms with Gasteiger partial charge in [0.05, 0.1) is 13.3 Å². The third kappa shape index (κ3) is 6.36. The van der Waals surface area contributed by atoms with Crippen molar-refractivity contribution in [1.82, 2.24) is 5.43 Å². The van der Waals surface area contributed by atoms with E-state index in [2.05, 4.69) is 17.5 Å². The Balaban J connectivity index is 2.28. The van der Waals surface area contributed by atoms with Crippen LogP contribution in [0.25, 0.3) is 0 Å². The predicted molar refractivity (Wildman–Crippen MR) is 82.1 cm³/mol. The van der Waals surface area contributed by atoms with E-state index in [1.807, 2.05) is 24.3 Å². The molecule has 0 saturated heterocycles. The molecule has 0 atom stereocenters. The summed E-state index contributed by atoms with van der Waals surface area (Å²) in [5.74, 6) is 0.706. The van der Waals surface area contributed by atoms with Gasteiger partial charge in [-0.25, -0.2) is 5.43 Å². The first-order valence-electron chi connectivity index (χ1n) is 7.22. The summed E-state index contributed by atoms with van der Waals surface area (Å²) >= 11 is 0. The van der Waals surface area contributed by atoms with E-state index < -0.39 is 0 Å². The van der Waals surface area contributed by atoms with Gasteiger partial charge >= 0.3 is 0 Å².